The van der Waals surface area contributed by atoms with Gasteiger partial charge in [-0.15, -0.1) is 0 Å². The molecule has 0 rings (SSSR count). The summed E-state index contributed by atoms with van der Waals surface area (Å²) in [6.45, 7) is 3.76. The predicted octanol–water partition coefficient (Wildman–Crippen LogP) is 18.1. The summed E-state index contributed by atoms with van der Waals surface area (Å²) in [7, 11) is -4.37. The number of ether oxygens (including phenoxy) is 2. The number of carbonyl (C=O) groups is 2. The van der Waals surface area contributed by atoms with Crippen LogP contribution in [0.15, 0.2) is 12.2 Å². The summed E-state index contributed by atoms with van der Waals surface area (Å²) in [5, 5.41) is 0. The molecule has 0 aromatic carbocycles. The molecule has 67 heavy (non-hydrogen) atoms. The Kier molecular flexibility index (Phi) is 53.1. The molecule has 0 spiro atoms. The zero-order valence-corrected chi connectivity index (χ0v) is 45.3. The summed E-state index contributed by atoms with van der Waals surface area (Å²) in [6.07, 6.45) is 61.8. The van der Waals surface area contributed by atoms with Gasteiger partial charge in [0.25, 0.3) is 0 Å². The maximum absolute atomic E-state index is 12.6. The van der Waals surface area contributed by atoms with Gasteiger partial charge in [0, 0.05) is 19.4 Å². The molecule has 0 bridgehead atoms. The van der Waals surface area contributed by atoms with Crippen LogP contribution < -0.4 is 5.73 Å². The Morgan fingerprint density at radius 3 is 1.06 bits per heavy atom. The minimum Gasteiger partial charge on any atom is -0.462 e. The highest BCUT2D eigenvalue weighted by atomic mass is 31.2. The van der Waals surface area contributed by atoms with Gasteiger partial charge in [-0.05, 0) is 38.5 Å². The minimum atomic E-state index is -4.37. The van der Waals surface area contributed by atoms with E-state index in [9.17, 15) is 19.0 Å². The van der Waals surface area contributed by atoms with Crippen LogP contribution in [0.4, 0.5) is 0 Å². The Hall–Kier alpha value is -1.25. The number of nitrogens with two attached hydrogens (primary N) is 1. The lowest BCUT2D eigenvalue weighted by atomic mass is 10.0. The summed E-state index contributed by atoms with van der Waals surface area (Å²) in [4.78, 5) is 34.9. The molecule has 0 heterocycles. The summed E-state index contributed by atoms with van der Waals surface area (Å²) >= 11 is 0. The molecule has 3 N–H and O–H groups in total. The molecule has 398 valence electrons. The number of hydrogen-bond donors (Lipinski definition) is 2. The highest BCUT2D eigenvalue weighted by molar-refractivity contribution is 7.47. The first-order valence-electron chi connectivity index (χ1n) is 29.2. The number of esters is 2. The second-order valence-corrected chi connectivity index (χ2v) is 21.3. The smallest absolute Gasteiger partial charge is 0.462 e. The fourth-order valence-electron chi connectivity index (χ4n) is 8.81. The molecule has 2 unspecified atom stereocenters. The van der Waals surface area contributed by atoms with Gasteiger partial charge in [-0.2, -0.15) is 0 Å². The third-order valence-corrected chi connectivity index (χ3v) is 14.1. The van der Waals surface area contributed by atoms with E-state index in [0.717, 1.165) is 32.1 Å². The Morgan fingerprint density at radius 2 is 0.731 bits per heavy atom. The highest BCUT2D eigenvalue weighted by Gasteiger charge is 2.26. The summed E-state index contributed by atoms with van der Waals surface area (Å²) in [5.74, 6) is -0.814. The van der Waals surface area contributed by atoms with Crippen LogP contribution in [0.2, 0.25) is 0 Å². The van der Waals surface area contributed by atoms with Crippen LogP contribution in [0.3, 0.4) is 0 Å². The van der Waals surface area contributed by atoms with Crippen molar-refractivity contribution in [3.8, 4) is 0 Å². The second kappa shape index (κ2) is 54.1. The summed E-state index contributed by atoms with van der Waals surface area (Å²) in [6, 6.07) is 0. The van der Waals surface area contributed by atoms with Crippen LogP contribution in [-0.4, -0.2) is 49.3 Å². The van der Waals surface area contributed by atoms with Gasteiger partial charge in [-0.25, -0.2) is 4.57 Å². The number of phosphoric acid groups is 1. The first kappa shape index (κ1) is 65.8. The normalized spacial score (nSPS) is 13.1. The van der Waals surface area contributed by atoms with E-state index >= 15 is 0 Å². The van der Waals surface area contributed by atoms with E-state index in [4.69, 9.17) is 24.3 Å². The van der Waals surface area contributed by atoms with E-state index < -0.39 is 26.5 Å². The van der Waals surface area contributed by atoms with Gasteiger partial charge in [0.1, 0.15) is 6.61 Å². The van der Waals surface area contributed by atoms with Gasteiger partial charge in [-0.3, -0.25) is 18.6 Å². The minimum absolute atomic E-state index is 0.0574. The SMILES string of the molecule is CCCCCCCCCC/C=C\CCCCCCCCCCCCCCCCCCCCCCCCCCCC(=O)OC(COC(=O)CCCCCCCCCCC)COP(=O)(O)OCCN. The van der Waals surface area contributed by atoms with Crippen LogP contribution in [0, 0.1) is 0 Å². The predicted molar refractivity (Wildman–Crippen MR) is 284 cm³/mol. The molecule has 0 amide bonds. The van der Waals surface area contributed by atoms with Crippen LogP contribution in [0.1, 0.15) is 309 Å². The van der Waals surface area contributed by atoms with E-state index in [-0.39, 0.29) is 38.6 Å². The lowest BCUT2D eigenvalue weighted by Gasteiger charge is -2.19. The third kappa shape index (κ3) is 53.9. The van der Waals surface area contributed by atoms with Crippen molar-refractivity contribution >= 4 is 19.8 Å². The fraction of sp³-hybridized carbons (Fsp3) is 0.930. The van der Waals surface area contributed by atoms with Crippen molar-refractivity contribution in [2.45, 2.75) is 315 Å². The first-order valence-corrected chi connectivity index (χ1v) is 30.7. The Balaban J connectivity index is 3.68. The van der Waals surface area contributed by atoms with Gasteiger partial charge in [0.05, 0.1) is 13.2 Å². The highest BCUT2D eigenvalue weighted by Crippen LogP contribution is 2.43. The van der Waals surface area contributed by atoms with E-state index in [1.165, 1.54) is 244 Å². The van der Waals surface area contributed by atoms with Crippen LogP contribution in [0.25, 0.3) is 0 Å². The average molecular weight is 970 g/mol. The molecule has 0 fully saturated rings. The van der Waals surface area contributed by atoms with Gasteiger partial charge >= 0.3 is 19.8 Å². The van der Waals surface area contributed by atoms with Crippen molar-refractivity contribution in [3.63, 3.8) is 0 Å². The number of hydrogen-bond acceptors (Lipinski definition) is 8. The van der Waals surface area contributed by atoms with Crippen LogP contribution >= 0.6 is 7.82 Å². The fourth-order valence-corrected chi connectivity index (χ4v) is 9.58. The Bertz CT molecular complexity index is 1110. The monoisotopic (exact) mass is 970 g/mol. The second-order valence-electron chi connectivity index (χ2n) is 19.9. The van der Waals surface area contributed by atoms with Crippen LogP contribution in [-0.2, 0) is 32.7 Å². The lowest BCUT2D eigenvalue weighted by molar-refractivity contribution is -0.161. The largest absolute Gasteiger partial charge is 0.472 e. The number of allylic oxidation sites excluding steroid dienone is 2. The van der Waals surface area contributed by atoms with E-state index in [1.54, 1.807) is 0 Å². The third-order valence-electron chi connectivity index (χ3n) is 13.2. The molecule has 9 nitrogen and oxygen atoms in total. The van der Waals surface area contributed by atoms with Gasteiger partial charge < -0.3 is 20.1 Å². The zero-order chi connectivity index (χ0) is 48.8. The van der Waals surface area contributed by atoms with Gasteiger partial charge in [-0.1, -0.05) is 270 Å². The molecule has 10 heteroatoms. The van der Waals surface area contributed by atoms with E-state index in [0.29, 0.717) is 6.42 Å². The number of carbonyl (C=O) groups excluding carboxylic acids is 2. The van der Waals surface area contributed by atoms with Crippen molar-refractivity contribution in [1.82, 2.24) is 0 Å². The number of rotatable bonds is 56. The number of unbranched alkanes of at least 4 members (excludes halogenated alkanes) is 41. The Morgan fingerprint density at radius 1 is 0.433 bits per heavy atom. The maximum Gasteiger partial charge on any atom is 0.472 e. The lowest BCUT2D eigenvalue weighted by Crippen LogP contribution is -2.29. The van der Waals surface area contributed by atoms with Crippen molar-refractivity contribution in [1.29, 1.82) is 0 Å². The standard InChI is InChI=1S/C57H112NO8P/c1-3-5-7-9-11-13-14-15-16-17-18-19-20-21-22-23-24-25-26-27-28-29-30-31-32-33-34-35-36-37-38-39-40-42-44-46-48-50-57(60)66-55(54-65-67(61,62)64-52-51-58)53-63-56(59)49-47-45-43-41-12-10-8-6-4-2/h17-18,55H,3-16,19-54,58H2,1-2H3,(H,61,62)/b18-17-. The quantitative estimate of drug-likeness (QED) is 0.0264. The summed E-state index contributed by atoms with van der Waals surface area (Å²) in [5.41, 5.74) is 5.36. The van der Waals surface area contributed by atoms with Crippen molar-refractivity contribution < 1.29 is 37.6 Å². The molecule has 0 aromatic heterocycles. The average Bonchev–Trinajstić information content (AvgIpc) is 3.32. The maximum atomic E-state index is 12.6. The van der Waals surface area contributed by atoms with E-state index in [2.05, 4.69) is 26.0 Å². The Labute approximate surface area is 415 Å². The number of phosphoric ester groups is 1. The molecule has 2 atom stereocenters. The van der Waals surface area contributed by atoms with Gasteiger partial charge in [0.2, 0.25) is 0 Å². The molecule has 0 aliphatic carbocycles. The molecule has 0 aliphatic heterocycles. The first-order chi connectivity index (χ1) is 32.8. The molecule has 0 saturated carbocycles. The van der Waals surface area contributed by atoms with Crippen molar-refractivity contribution in [2.75, 3.05) is 26.4 Å². The molecule has 0 saturated heterocycles. The zero-order valence-electron chi connectivity index (χ0n) is 44.4. The van der Waals surface area contributed by atoms with Crippen molar-refractivity contribution in [3.05, 3.63) is 12.2 Å². The molecule has 0 radical (unpaired) electrons. The molecule has 0 aliphatic rings. The summed E-state index contributed by atoms with van der Waals surface area (Å²) < 4.78 is 32.8. The van der Waals surface area contributed by atoms with Crippen LogP contribution in [0.5, 0.6) is 0 Å². The molecular weight excluding hydrogens is 858 g/mol. The van der Waals surface area contributed by atoms with Gasteiger partial charge in [0.15, 0.2) is 6.10 Å². The van der Waals surface area contributed by atoms with E-state index in [1.807, 2.05) is 0 Å². The topological polar surface area (TPSA) is 134 Å². The molecular formula is C57H112NO8P. The van der Waals surface area contributed by atoms with Crippen molar-refractivity contribution in [2.24, 2.45) is 5.73 Å². The molecule has 0 aromatic rings.